The van der Waals surface area contributed by atoms with Gasteiger partial charge in [0.05, 0.1) is 12.2 Å². The maximum atomic E-state index is 12.4. The topological polar surface area (TPSA) is 75.7 Å². The van der Waals surface area contributed by atoms with E-state index in [2.05, 4.69) is 5.32 Å². The summed E-state index contributed by atoms with van der Waals surface area (Å²) in [6, 6.07) is 11.5. The van der Waals surface area contributed by atoms with E-state index in [1.54, 1.807) is 56.3 Å². The van der Waals surface area contributed by atoms with Gasteiger partial charge in [0.1, 0.15) is 6.54 Å². The van der Waals surface area contributed by atoms with Gasteiger partial charge in [-0.1, -0.05) is 17.7 Å². The van der Waals surface area contributed by atoms with Gasteiger partial charge >= 0.3 is 5.97 Å². The fourth-order valence-corrected chi connectivity index (χ4v) is 2.63. The number of carbonyl (C=O) groups is 3. The van der Waals surface area contributed by atoms with E-state index < -0.39 is 5.97 Å². The predicted octanol–water partition coefficient (Wildman–Crippen LogP) is 3.82. The molecule has 7 heteroatoms. The molecule has 0 aliphatic carbocycles. The maximum Gasteiger partial charge on any atom is 0.338 e. The number of carbonyl (C=O) groups excluding carboxylic acids is 3. The Kier molecular flexibility index (Phi) is 6.96. The predicted molar refractivity (Wildman–Crippen MR) is 105 cm³/mol. The van der Waals surface area contributed by atoms with Crippen molar-refractivity contribution in [1.29, 1.82) is 0 Å². The highest BCUT2D eigenvalue weighted by Crippen LogP contribution is 2.23. The SMILES string of the molecule is CCOC(=O)c1ccc(N(CC(=O)Nc2cccc(Cl)c2C)C(C)=O)cc1. The number of anilines is 2. The number of hydrogen-bond donors (Lipinski definition) is 1. The zero-order valence-electron chi connectivity index (χ0n) is 15.4. The second-order valence-electron chi connectivity index (χ2n) is 5.83. The van der Waals surface area contributed by atoms with Crippen molar-refractivity contribution < 1.29 is 19.1 Å². The number of nitrogens with one attached hydrogen (secondary N) is 1. The highest BCUT2D eigenvalue weighted by atomic mass is 35.5. The highest BCUT2D eigenvalue weighted by Gasteiger charge is 2.17. The highest BCUT2D eigenvalue weighted by molar-refractivity contribution is 6.31. The lowest BCUT2D eigenvalue weighted by Gasteiger charge is -2.21. The average molecular weight is 389 g/mol. The van der Waals surface area contributed by atoms with Crippen LogP contribution in [-0.2, 0) is 14.3 Å². The van der Waals surface area contributed by atoms with Gasteiger partial charge in [-0.25, -0.2) is 4.79 Å². The zero-order valence-corrected chi connectivity index (χ0v) is 16.2. The summed E-state index contributed by atoms with van der Waals surface area (Å²) in [5.41, 5.74) is 2.23. The Morgan fingerprint density at radius 2 is 1.78 bits per heavy atom. The van der Waals surface area contributed by atoms with E-state index in [1.807, 2.05) is 0 Å². The van der Waals surface area contributed by atoms with Crippen LogP contribution in [0.15, 0.2) is 42.5 Å². The molecule has 0 aliphatic rings. The van der Waals surface area contributed by atoms with E-state index in [9.17, 15) is 14.4 Å². The quantitative estimate of drug-likeness (QED) is 0.763. The van der Waals surface area contributed by atoms with Gasteiger partial charge in [-0.15, -0.1) is 0 Å². The molecule has 0 heterocycles. The molecule has 2 rings (SSSR count). The Labute approximate surface area is 163 Å². The van der Waals surface area contributed by atoms with E-state index in [0.717, 1.165) is 5.56 Å². The second kappa shape index (κ2) is 9.19. The molecule has 0 radical (unpaired) electrons. The molecule has 0 saturated heterocycles. The lowest BCUT2D eigenvalue weighted by molar-refractivity contribution is -0.120. The summed E-state index contributed by atoms with van der Waals surface area (Å²) in [6.07, 6.45) is 0. The summed E-state index contributed by atoms with van der Waals surface area (Å²) < 4.78 is 4.93. The van der Waals surface area contributed by atoms with Crippen LogP contribution in [0.25, 0.3) is 0 Å². The first kappa shape index (κ1) is 20.5. The molecule has 0 spiro atoms. The monoisotopic (exact) mass is 388 g/mol. The molecule has 6 nitrogen and oxygen atoms in total. The van der Waals surface area contributed by atoms with Gasteiger partial charge < -0.3 is 15.0 Å². The Balaban J connectivity index is 2.13. The minimum atomic E-state index is -0.437. The number of esters is 1. The van der Waals surface area contributed by atoms with Crippen LogP contribution in [0.2, 0.25) is 5.02 Å². The molecule has 0 atom stereocenters. The van der Waals surface area contributed by atoms with Crippen molar-refractivity contribution in [2.75, 3.05) is 23.4 Å². The average Bonchev–Trinajstić information content (AvgIpc) is 2.64. The first-order valence-electron chi connectivity index (χ1n) is 8.43. The standard InChI is InChI=1S/C20H21ClN2O4/c1-4-27-20(26)15-8-10-16(11-9-15)23(14(3)24)12-19(25)22-18-7-5-6-17(21)13(18)2/h5-11H,4,12H2,1-3H3,(H,22,25). The summed E-state index contributed by atoms with van der Waals surface area (Å²) in [5, 5.41) is 3.31. The molecule has 1 N–H and O–H groups in total. The number of rotatable bonds is 6. The normalized spacial score (nSPS) is 10.2. The van der Waals surface area contributed by atoms with Crippen molar-refractivity contribution in [3.63, 3.8) is 0 Å². The third kappa shape index (κ3) is 5.31. The van der Waals surface area contributed by atoms with Gasteiger partial charge in [0.2, 0.25) is 11.8 Å². The van der Waals surface area contributed by atoms with Crippen LogP contribution in [0.3, 0.4) is 0 Å². The molecule has 0 fully saturated rings. The number of benzene rings is 2. The molecular formula is C20H21ClN2O4. The van der Waals surface area contributed by atoms with Crippen molar-refractivity contribution in [2.24, 2.45) is 0 Å². The fraction of sp³-hybridized carbons (Fsp3) is 0.250. The van der Waals surface area contributed by atoms with E-state index in [1.165, 1.54) is 11.8 Å². The van der Waals surface area contributed by atoms with Crippen LogP contribution in [0.5, 0.6) is 0 Å². The van der Waals surface area contributed by atoms with Crippen molar-refractivity contribution in [2.45, 2.75) is 20.8 Å². The van der Waals surface area contributed by atoms with E-state index in [0.29, 0.717) is 22.0 Å². The van der Waals surface area contributed by atoms with Gasteiger partial charge in [0.25, 0.3) is 0 Å². The lowest BCUT2D eigenvalue weighted by Crippen LogP contribution is -2.36. The molecule has 2 amide bonds. The van der Waals surface area contributed by atoms with Crippen LogP contribution >= 0.6 is 11.6 Å². The van der Waals surface area contributed by atoms with Crippen molar-refractivity contribution in [1.82, 2.24) is 0 Å². The number of amides is 2. The minimum Gasteiger partial charge on any atom is -0.462 e. The van der Waals surface area contributed by atoms with E-state index >= 15 is 0 Å². The Morgan fingerprint density at radius 1 is 1.11 bits per heavy atom. The summed E-state index contributed by atoms with van der Waals surface area (Å²) in [6.45, 7) is 5.01. The lowest BCUT2D eigenvalue weighted by atomic mass is 10.2. The second-order valence-corrected chi connectivity index (χ2v) is 6.24. The largest absolute Gasteiger partial charge is 0.462 e. The third-order valence-electron chi connectivity index (χ3n) is 3.91. The molecule has 27 heavy (non-hydrogen) atoms. The molecule has 0 unspecified atom stereocenters. The van der Waals surface area contributed by atoms with Crippen molar-refractivity contribution >= 4 is 40.8 Å². The zero-order chi connectivity index (χ0) is 20.0. The molecule has 0 saturated carbocycles. The maximum absolute atomic E-state index is 12.4. The number of hydrogen-bond acceptors (Lipinski definition) is 4. The summed E-state index contributed by atoms with van der Waals surface area (Å²) in [7, 11) is 0. The molecule has 0 aromatic heterocycles. The van der Waals surface area contributed by atoms with Crippen LogP contribution in [0.4, 0.5) is 11.4 Å². The Bertz CT molecular complexity index is 850. The Hall–Kier alpha value is -2.86. The van der Waals surface area contributed by atoms with Gasteiger partial charge in [0, 0.05) is 23.3 Å². The first-order chi connectivity index (χ1) is 12.8. The molecule has 2 aromatic rings. The number of halogens is 1. The van der Waals surface area contributed by atoms with Crippen LogP contribution in [0.1, 0.15) is 29.8 Å². The Morgan fingerprint density at radius 3 is 2.37 bits per heavy atom. The van der Waals surface area contributed by atoms with Crippen LogP contribution < -0.4 is 10.2 Å². The van der Waals surface area contributed by atoms with Gasteiger partial charge in [-0.3, -0.25) is 9.59 Å². The molecular weight excluding hydrogens is 368 g/mol. The summed E-state index contributed by atoms with van der Waals surface area (Å²) in [5.74, 6) is -1.09. The van der Waals surface area contributed by atoms with E-state index in [-0.39, 0.29) is 25.0 Å². The number of nitrogens with zero attached hydrogens (tertiary/aromatic N) is 1. The van der Waals surface area contributed by atoms with Gasteiger partial charge in [-0.05, 0) is 55.8 Å². The van der Waals surface area contributed by atoms with Crippen molar-refractivity contribution in [3.8, 4) is 0 Å². The minimum absolute atomic E-state index is 0.167. The van der Waals surface area contributed by atoms with Gasteiger partial charge in [0.15, 0.2) is 0 Å². The van der Waals surface area contributed by atoms with Gasteiger partial charge in [-0.2, -0.15) is 0 Å². The smallest absolute Gasteiger partial charge is 0.338 e. The fourth-order valence-electron chi connectivity index (χ4n) is 2.45. The third-order valence-corrected chi connectivity index (χ3v) is 4.32. The van der Waals surface area contributed by atoms with Crippen LogP contribution in [-0.4, -0.2) is 30.9 Å². The molecule has 0 aliphatic heterocycles. The number of ether oxygens (including phenoxy) is 1. The summed E-state index contributed by atoms with van der Waals surface area (Å²) >= 11 is 6.06. The first-order valence-corrected chi connectivity index (χ1v) is 8.81. The van der Waals surface area contributed by atoms with Crippen molar-refractivity contribution in [3.05, 3.63) is 58.6 Å². The summed E-state index contributed by atoms with van der Waals surface area (Å²) in [4.78, 5) is 37.5. The molecule has 142 valence electrons. The van der Waals surface area contributed by atoms with Crippen LogP contribution in [0, 0.1) is 6.92 Å². The van der Waals surface area contributed by atoms with E-state index in [4.69, 9.17) is 16.3 Å². The molecule has 2 aromatic carbocycles. The molecule has 0 bridgehead atoms.